The number of pyridine rings is 1. The van der Waals surface area contributed by atoms with E-state index in [1.165, 1.54) is 6.20 Å². The highest BCUT2D eigenvalue weighted by Crippen LogP contribution is 2.20. The molecule has 1 aliphatic heterocycles. The minimum atomic E-state index is -0.435. The fourth-order valence-electron chi connectivity index (χ4n) is 2.45. The molecule has 1 aromatic rings. The molecule has 1 fully saturated rings. The number of carbonyl (C=O) groups excluding carboxylic acids is 2. The Kier molecular flexibility index (Phi) is 7.77. The van der Waals surface area contributed by atoms with Gasteiger partial charge < -0.3 is 25.4 Å². The average molecular weight is 350 g/mol. The highest BCUT2D eigenvalue weighted by atomic mass is 16.5. The van der Waals surface area contributed by atoms with Crippen molar-refractivity contribution in [2.24, 2.45) is 0 Å². The number of anilines is 1. The number of hydrogen-bond donors (Lipinski definition) is 3. The minimum Gasteiger partial charge on any atom is -0.378 e. The van der Waals surface area contributed by atoms with Gasteiger partial charge in [-0.2, -0.15) is 0 Å². The zero-order chi connectivity index (χ0) is 18.1. The molecule has 2 atom stereocenters. The smallest absolute Gasteiger partial charge is 0.270 e. The molecular formula is C17H26N4O4. The van der Waals surface area contributed by atoms with Crippen LogP contribution < -0.4 is 16.0 Å². The molecule has 8 nitrogen and oxygen atoms in total. The monoisotopic (exact) mass is 350 g/mol. The van der Waals surface area contributed by atoms with E-state index < -0.39 is 6.10 Å². The average Bonchev–Trinajstić information content (AvgIpc) is 3.04. The van der Waals surface area contributed by atoms with Gasteiger partial charge in [0, 0.05) is 25.0 Å². The number of nitrogens with zero attached hydrogens (tertiary/aromatic N) is 1. The second kappa shape index (κ2) is 10.1. The third kappa shape index (κ3) is 6.41. The molecule has 1 aromatic heterocycles. The maximum Gasteiger partial charge on any atom is 0.270 e. The van der Waals surface area contributed by atoms with E-state index in [9.17, 15) is 9.59 Å². The molecule has 3 N–H and O–H groups in total. The molecule has 0 spiro atoms. The molecule has 8 heteroatoms. The van der Waals surface area contributed by atoms with Gasteiger partial charge in [-0.15, -0.1) is 0 Å². The lowest BCUT2D eigenvalue weighted by Gasteiger charge is -2.12. The Labute approximate surface area is 147 Å². The van der Waals surface area contributed by atoms with E-state index in [0.717, 1.165) is 13.0 Å². The molecule has 2 unspecified atom stereocenters. The molecule has 1 saturated heterocycles. The summed E-state index contributed by atoms with van der Waals surface area (Å²) in [6.07, 6.45) is 2.74. The number of hydrogen-bond acceptors (Lipinski definition) is 6. The summed E-state index contributed by atoms with van der Waals surface area (Å²) in [7, 11) is 1.85. The molecular weight excluding hydrogens is 324 g/mol. The van der Waals surface area contributed by atoms with E-state index in [0.29, 0.717) is 31.9 Å². The van der Waals surface area contributed by atoms with Crippen molar-refractivity contribution in [2.45, 2.75) is 32.0 Å². The fourth-order valence-corrected chi connectivity index (χ4v) is 2.45. The maximum absolute atomic E-state index is 12.2. The van der Waals surface area contributed by atoms with Crippen LogP contribution in [-0.4, -0.2) is 62.4 Å². The van der Waals surface area contributed by atoms with Gasteiger partial charge in [0.1, 0.15) is 11.8 Å². The largest absolute Gasteiger partial charge is 0.378 e. The molecule has 0 aliphatic carbocycles. The van der Waals surface area contributed by atoms with E-state index in [-0.39, 0.29) is 23.6 Å². The van der Waals surface area contributed by atoms with Crippen LogP contribution in [-0.2, 0) is 14.3 Å². The van der Waals surface area contributed by atoms with Gasteiger partial charge in [0.05, 0.1) is 19.3 Å². The molecule has 138 valence electrons. The molecule has 0 saturated carbocycles. The molecule has 25 heavy (non-hydrogen) atoms. The van der Waals surface area contributed by atoms with E-state index in [1.807, 2.05) is 14.0 Å². The summed E-state index contributed by atoms with van der Waals surface area (Å²) in [5.74, 6) is -0.501. The Hall–Kier alpha value is -2.03. The van der Waals surface area contributed by atoms with Crippen molar-refractivity contribution in [2.75, 3.05) is 38.7 Å². The first-order chi connectivity index (χ1) is 12.1. The fraction of sp³-hybridized carbons (Fsp3) is 0.588. The topological polar surface area (TPSA) is 102 Å². The van der Waals surface area contributed by atoms with E-state index in [4.69, 9.17) is 9.47 Å². The molecule has 0 bridgehead atoms. The number of nitrogens with one attached hydrogen (secondary N) is 3. The number of amides is 2. The van der Waals surface area contributed by atoms with Crippen molar-refractivity contribution in [1.29, 1.82) is 0 Å². The molecule has 0 radical (unpaired) electrons. The second-order valence-corrected chi connectivity index (χ2v) is 5.90. The van der Waals surface area contributed by atoms with Gasteiger partial charge in [0.25, 0.3) is 11.8 Å². The SMILES string of the molecule is CNCCOCCNC(=O)c1cc(NC(=O)C2CCC(C)O2)ccn1. The Morgan fingerprint density at radius 2 is 2.12 bits per heavy atom. The van der Waals surface area contributed by atoms with Crippen LogP contribution in [0.5, 0.6) is 0 Å². The number of carbonyl (C=O) groups is 2. The third-order valence-electron chi connectivity index (χ3n) is 3.81. The van der Waals surface area contributed by atoms with Gasteiger partial charge >= 0.3 is 0 Å². The van der Waals surface area contributed by atoms with E-state index in [1.54, 1.807) is 12.1 Å². The number of ether oxygens (including phenoxy) is 2. The van der Waals surface area contributed by atoms with Crippen LogP contribution in [0.4, 0.5) is 5.69 Å². The standard InChI is InChI=1S/C17H26N4O4/c1-12-3-4-15(25-12)17(23)21-13-5-6-19-14(11-13)16(22)20-8-10-24-9-7-18-2/h5-6,11-12,15,18H,3-4,7-10H2,1-2H3,(H,20,22)(H,19,21,23). The number of aromatic nitrogens is 1. The maximum atomic E-state index is 12.2. The zero-order valence-electron chi connectivity index (χ0n) is 14.7. The third-order valence-corrected chi connectivity index (χ3v) is 3.81. The van der Waals surface area contributed by atoms with Gasteiger partial charge in [-0.25, -0.2) is 0 Å². The van der Waals surface area contributed by atoms with Gasteiger partial charge in [-0.05, 0) is 38.9 Å². The summed E-state index contributed by atoms with van der Waals surface area (Å²) >= 11 is 0. The summed E-state index contributed by atoms with van der Waals surface area (Å²) < 4.78 is 10.9. The first-order valence-electron chi connectivity index (χ1n) is 8.53. The lowest BCUT2D eigenvalue weighted by atomic mass is 10.2. The first kappa shape index (κ1) is 19.3. The molecule has 1 aliphatic rings. The number of likely N-dealkylation sites (N-methyl/N-ethyl adjacent to an activating group) is 1. The van der Waals surface area contributed by atoms with Gasteiger partial charge in [-0.3, -0.25) is 14.6 Å². The van der Waals surface area contributed by atoms with Crippen molar-refractivity contribution in [3.05, 3.63) is 24.0 Å². The lowest BCUT2D eigenvalue weighted by Crippen LogP contribution is -2.29. The highest BCUT2D eigenvalue weighted by Gasteiger charge is 2.28. The summed E-state index contributed by atoms with van der Waals surface area (Å²) in [5.41, 5.74) is 0.771. The predicted octanol–water partition coefficient (Wildman–Crippen LogP) is 0.553. The van der Waals surface area contributed by atoms with Crippen LogP contribution in [0, 0.1) is 0 Å². The summed E-state index contributed by atoms with van der Waals surface area (Å²) in [4.78, 5) is 28.3. The van der Waals surface area contributed by atoms with E-state index >= 15 is 0 Å². The second-order valence-electron chi connectivity index (χ2n) is 5.90. The van der Waals surface area contributed by atoms with Gasteiger partial charge in [0.2, 0.25) is 0 Å². The van der Waals surface area contributed by atoms with Gasteiger partial charge in [-0.1, -0.05) is 0 Å². The highest BCUT2D eigenvalue weighted by molar-refractivity contribution is 5.97. The van der Waals surface area contributed by atoms with Crippen molar-refractivity contribution in [3.63, 3.8) is 0 Å². The lowest BCUT2D eigenvalue weighted by molar-refractivity contribution is -0.126. The Morgan fingerprint density at radius 3 is 2.84 bits per heavy atom. The van der Waals surface area contributed by atoms with Crippen molar-refractivity contribution >= 4 is 17.5 Å². The van der Waals surface area contributed by atoms with Crippen LogP contribution in [0.15, 0.2) is 18.3 Å². The van der Waals surface area contributed by atoms with Crippen LogP contribution in [0.25, 0.3) is 0 Å². The summed E-state index contributed by atoms with van der Waals surface area (Å²) in [6.45, 7) is 4.13. The van der Waals surface area contributed by atoms with Crippen molar-refractivity contribution in [1.82, 2.24) is 15.6 Å². The summed E-state index contributed by atoms with van der Waals surface area (Å²) in [5, 5.41) is 8.48. The summed E-state index contributed by atoms with van der Waals surface area (Å²) in [6, 6.07) is 3.20. The predicted molar refractivity (Wildman–Crippen MR) is 93.5 cm³/mol. The molecule has 0 aromatic carbocycles. The molecule has 2 amide bonds. The molecule has 2 rings (SSSR count). The van der Waals surface area contributed by atoms with Crippen LogP contribution in [0.3, 0.4) is 0 Å². The zero-order valence-corrected chi connectivity index (χ0v) is 14.7. The van der Waals surface area contributed by atoms with E-state index in [2.05, 4.69) is 20.9 Å². The van der Waals surface area contributed by atoms with Crippen LogP contribution in [0.2, 0.25) is 0 Å². The Morgan fingerprint density at radius 1 is 1.32 bits per heavy atom. The van der Waals surface area contributed by atoms with Crippen LogP contribution in [0.1, 0.15) is 30.3 Å². The normalized spacial score (nSPS) is 19.6. The van der Waals surface area contributed by atoms with Crippen LogP contribution >= 0.6 is 0 Å². The quantitative estimate of drug-likeness (QED) is 0.562. The Balaban J connectivity index is 1.79. The molecule has 2 heterocycles. The minimum absolute atomic E-state index is 0.102. The first-order valence-corrected chi connectivity index (χ1v) is 8.53. The number of rotatable bonds is 9. The van der Waals surface area contributed by atoms with Crippen molar-refractivity contribution < 1.29 is 19.1 Å². The van der Waals surface area contributed by atoms with Crippen molar-refractivity contribution in [3.8, 4) is 0 Å². The Bertz CT molecular complexity index is 582. The van der Waals surface area contributed by atoms with Gasteiger partial charge in [0.15, 0.2) is 0 Å².